The van der Waals surface area contributed by atoms with Crippen molar-refractivity contribution in [3.8, 4) is 6.07 Å². The fourth-order valence-corrected chi connectivity index (χ4v) is 1.62. The molecule has 0 atom stereocenters. The predicted octanol–water partition coefficient (Wildman–Crippen LogP) is 4.42. The van der Waals surface area contributed by atoms with Gasteiger partial charge in [0.15, 0.2) is 23.3 Å². The largest absolute Gasteiger partial charge is 0.203 e. The Kier molecular flexibility index (Phi) is 4.03. The molecule has 0 fully saturated rings. The summed E-state index contributed by atoms with van der Waals surface area (Å²) in [5, 5.41) is 8.61. The summed E-state index contributed by atoms with van der Waals surface area (Å²) in [4.78, 5) is 0. The number of rotatable bonds is 2. The minimum absolute atomic E-state index is 0.378. The molecule has 0 saturated carbocycles. The van der Waals surface area contributed by atoms with E-state index in [0.717, 1.165) is 6.08 Å². The second-order valence-electron chi connectivity index (χ2n) is 4.05. The summed E-state index contributed by atoms with van der Waals surface area (Å²) in [5.41, 5.74) is -0.197. The molecule has 0 amide bonds. The van der Waals surface area contributed by atoms with Crippen LogP contribution in [-0.4, -0.2) is 0 Å². The number of hydrogen-bond acceptors (Lipinski definition) is 1. The van der Waals surface area contributed by atoms with Gasteiger partial charge in [0.1, 0.15) is 0 Å². The zero-order chi connectivity index (χ0) is 15.6. The first-order chi connectivity index (χ1) is 9.95. The van der Waals surface area contributed by atoms with Gasteiger partial charge in [-0.3, -0.25) is 0 Å². The van der Waals surface area contributed by atoms with Crippen LogP contribution in [0.5, 0.6) is 0 Å². The quantitative estimate of drug-likeness (QED) is 0.348. The molecule has 0 unspecified atom stereocenters. The van der Waals surface area contributed by atoms with Crippen LogP contribution in [0.15, 0.2) is 24.3 Å². The van der Waals surface area contributed by atoms with Crippen molar-refractivity contribution in [2.45, 2.75) is 0 Å². The minimum atomic E-state index is -2.19. The van der Waals surface area contributed by atoms with Crippen LogP contribution in [0.25, 0.3) is 12.2 Å². The molecule has 0 aromatic heterocycles. The van der Waals surface area contributed by atoms with Gasteiger partial charge in [-0.15, -0.1) is 0 Å². The number of hydrogen-bond donors (Lipinski definition) is 0. The average Bonchev–Trinajstić information content (AvgIpc) is 2.51. The molecule has 6 heteroatoms. The van der Waals surface area contributed by atoms with Crippen molar-refractivity contribution in [1.82, 2.24) is 0 Å². The van der Waals surface area contributed by atoms with Crippen molar-refractivity contribution < 1.29 is 22.0 Å². The van der Waals surface area contributed by atoms with Gasteiger partial charge in [0, 0.05) is 0 Å². The monoisotopic (exact) mass is 295 g/mol. The second kappa shape index (κ2) is 5.75. The summed E-state index contributed by atoms with van der Waals surface area (Å²) in [6.45, 7) is 0. The Morgan fingerprint density at radius 3 is 1.67 bits per heavy atom. The first-order valence-corrected chi connectivity index (χ1v) is 5.65. The molecule has 0 aliphatic heterocycles. The van der Waals surface area contributed by atoms with E-state index < -0.39 is 34.6 Å². The molecule has 0 radical (unpaired) electrons. The Labute approximate surface area is 116 Å². The molecule has 0 N–H and O–H groups in total. The Morgan fingerprint density at radius 1 is 0.714 bits per heavy atom. The van der Waals surface area contributed by atoms with Crippen LogP contribution < -0.4 is 0 Å². The van der Waals surface area contributed by atoms with Gasteiger partial charge in [0.05, 0.1) is 17.2 Å². The van der Waals surface area contributed by atoms with Gasteiger partial charge in [-0.2, -0.15) is 5.26 Å². The van der Waals surface area contributed by atoms with Crippen molar-refractivity contribution in [2.75, 3.05) is 0 Å². The Hall–Kier alpha value is -2.68. The minimum Gasteiger partial charge on any atom is -0.203 e. The number of benzene rings is 2. The number of halogens is 5. The highest BCUT2D eigenvalue weighted by atomic mass is 19.2. The van der Waals surface area contributed by atoms with Crippen LogP contribution in [0.4, 0.5) is 22.0 Å². The molecule has 1 nitrogen and oxygen atoms in total. The Morgan fingerprint density at radius 2 is 1.19 bits per heavy atom. The van der Waals surface area contributed by atoms with Crippen molar-refractivity contribution in [1.29, 1.82) is 5.26 Å². The van der Waals surface area contributed by atoms with Crippen LogP contribution in [0, 0.1) is 40.4 Å². The van der Waals surface area contributed by atoms with Crippen LogP contribution in [0.3, 0.4) is 0 Å². The van der Waals surface area contributed by atoms with Crippen molar-refractivity contribution >= 4 is 12.2 Å². The first-order valence-electron chi connectivity index (χ1n) is 5.65. The van der Waals surface area contributed by atoms with Crippen LogP contribution >= 0.6 is 0 Å². The third-order valence-corrected chi connectivity index (χ3v) is 2.73. The van der Waals surface area contributed by atoms with Crippen LogP contribution in [-0.2, 0) is 0 Å². The van der Waals surface area contributed by atoms with Gasteiger partial charge in [-0.05, 0) is 23.8 Å². The highest BCUT2D eigenvalue weighted by Crippen LogP contribution is 2.24. The molecule has 0 aliphatic carbocycles. The van der Waals surface area contributed by atoms with E-state index in [9.17, 15) is 22.0 Å². The smallest absolute Gasteiger partial charge is 0.200 e. The predicted molar refractivity (Wildman–Crippen MR) is 66.3 cm³/mol. The van der Waals surface area contributed by atoms with E-state index in [4.69, 9.17) is 5.26 Å². The van der Waals surface area contributed by atoms with E-state index >= 15 is 0 Å². The van der Waals surface area contributed by atoms with Crippen LogP contribution in [0.1, 0.15) is 16.7 Å². The average molecular weight is 295 g/mol. The third-order valence-electron chi connectivity index (χ3n) is 2.73. The fourth-order valence-electron chi connectivity index (χ4n) is 1.62. The molecule has 21 heavy (non-hydrogen) atoms. The summed E-state index contributed by atoms with van der Waals surface area (Å²) in [5.74, 6) is -9.96. The van der Waals surface area contributed by atoms with E-state index in [2.05, 4.69) is 0 Å². The zero-order valence-corrected chi connectivity index (χ0v) is 10.3. The molecule has 0 spiro atoms. The van der Waals surface area contributed by atoms with Gasteiger partial charge >= 0.3 is 0 Å². The lowest BCUT2D eigenvalue weighted by Gasteiger charge is -2.04. The number of nitriles is 1. The first kappa shape index (κ1) is 14.7. The molecule has 0 saturated heterocycles. The van der Waals surface area contributed by atoms with E-state index in [1.54, 1.807) is 0 Å². The van der Waals surface area contributed by atoms with Gasteiger partial charge in [0.25, 0.3) is 0 Å². The molecule has 0 bridgehead atoms. The fraction of sp³-hybridized carbons (Fsp3) is 0. The third kappa shape index (κ3) is 2.77. The summed E-state index contributed by atoms with van der Waals surface area (Å²) in [6, 6.07) is 7.74. The topological polar surface area (TPSA) is 23.8 Å². The molecule has 2 aromatic rings. The summed E-state index contributed by atoms with van der Waals surface area (Å²) >= 11 is 0. The molecule has 2 aromatic carbocycles. The van der Waals surface area contributed by atoms with Gasteiger partial charge in [0.2, 0.25) is 5.82 Å². The van der Waals surface area contributed by atoms with Crippen molar-refractivity contribution in [3.05, 3.63) is 70.0 Å². The van der Waals surface area contributed by atoms with E-state index in [0.29, 0.717) is 11.1 Å². The van der Waals surface area contributed by atoms with E-state index in [1.807, 2.05) is 6.07 Å². The standard InChI is InChI=1S/C15H6F5N/c16-11-10(12(17)14(19)15(20)13(11)18)6-5-8-1-3-9(7-21)4-2-8/h1-6H/b6-5+. The zero-order valence-electron chi connectivity index (χ0n) is 10.3. The lowest BCUT2D eigenvalue weighted by Crippen LogP contribution is -2.03. The lowest BCUT2D eigenvalue weighted by molar-refractivity contribution is 0.377. The highest BCUT2D eigenvalue weighted by Gasteiger charge is 2.24. The molecule has 106 valence electrons. The summed E-state index contributed by atoms with van der Waals surface area (Å²) < 4.78 is 65.7. The molecule has 0 aliphatic rings. The molecular weight excluding hydrogens is 289 g/mol. The maximum absolute atomic E-state index is 13.4. The van der Waals surface area contributed by atoms with Crippen molar-refractivity contribution in [2.24, 2.45) is 0 Å². The van der Waals surface area contributed by atoms with E-state index in [-0.39, 0.29) is 0 Å². The van der Waals surface area contributed by atoms with E-state index in [1.165, 1.54) is 30.3 Å². The van der Waals surface area contributed by atoms with Gasteiger partial charge in [-0.25, -0.2) is 22.0 Å². The summed E-state index contributed by atoms with van der Waals surface area (Å²) in [7, 11) is 0. The highest BCUT2D eigenvalue weighted by molar-refractivity contribution is 5.70. The Balaban J connectivity index is 2.44. The van der Waals surface area contributed by atoms with Crippen molar-refractivity contribution in [3.63, 3.8) is 0 Å². The normalized spacial score (nSPS) is 10.9. The lowest BCUT2D eigenvalue weighted by atomic mass is 10.1. The molecule has 2 rings (SSSR count). The SMILES string of the molecule is N#Cc1ccc(/C=C/c2c(F)c(F)c(F)c(F)c2F)cc1. The Bertz CT molecular complexity index is 728. The van der Waals surface area contributed by atoms with Gasteiger partial charge < -0.3 is 0 Å². The van der Waals surface area contributed by atoms with Crippen LogP contribution in [0.2, 0.25) is 0 Å². The summed E-state index contributed by atoms with van der Waals surface area (Å²) in [6.07, 6.45) is 1.97. The maximum Gasteiger partial charge on any atom is 0.200 e. The maximum atomic E-state index is 13.4. The van der Waals surface area contributed by atoms with Gasteiger partial charge in [-0.1, -0.05) is 18.2 Å². The molecule has 0 heterocycles. The second-order valence-corrected chi connectivity index (χ2v) is 4.05. The number of nitrogens with zero attached hydrogens (tertiary/aromatic N) is 1. The molecular formula is C15H6F5N.